The van der Waals surface area contributed by atoms with Crippen LogP contribution in [0.5, 0.6) is 17.4 Å². The molecule has 14 heteroatoms. The number of anilines is 1. The minimum Gasteiger partial charge on any atom is -0.486 e. The third-order valence-electron chi connectivity index (χ3n) is 6.28. The van der Waals surface area contributed by atoms with Gasteiger partial charge in [0.05, 0.1) is 25.9 Å². The molecule has 0 fully saturated rings. The summed E-state index contributed by atoms with van der Waals surface area (Å²) < 4.78 is 89.8. The zero-order chi connectivity index (χ0) is 30.5. The summed E-state index contributed by atoms with van der Waals surface area (Å²) in [6.45, 7) is 4.00. The van der Waals surface area contributed by atoms with E-state index in [0.29, 0.717) is 12.1 Å². The van der Waals surface area contributed by atoms with E-state index in [9.17, 15) is 26.4 Å². The fourth-order valence-corrected chi connectivity index (χ4v) is 5.87. The van der Waals surface area contributed by atoms with Crippen molar-refractivity contribution >= 4 is 33.8 Å². The zero-order valence-corrected chi connectivity index (χ0v) is 23.9. The van der Waals surface area contributed by atoms with Crippen molar-refractivity contribution in [3.63, 3.8) is 0 Å². The Labute approximate surface area is 241 Å². The third kappa shape index (κ3) is 7.16. The summed E-state index contributed by atoms with van der Waals surface area (Å²) in [5, 5.41) is 4.23. The van der Waals surface area contributed by atoms with Crippen molar-refractivity contribution in [2.45, 2.75) is 50.6 Å². The minimum atomic E-state index is -4.86. The monoisotopic (exact) mass is 609 g/mol. The van der Waals surface area contributed by atoms with Crippen molar-refractivity contribution in [3.8, 4) is 17.4 Å². The maximum atomic E-state index is 14.1. The molecule has 3 aromatic rings. The summed E-state index contributed by atoms with van der Waals surface area (Å²) in [7, 11) is -2.98. The highest BCUT2D eigenvalue weighted by molar-refractivity contribution is 7.93. The first-order chi connectivity index (χ1) is 19.9. The molecule has 0 bridgehead atoms. The second kappa shape index (κ2) is 12.8. The molecule has 1 atom stereocenters. The van der Waals surface area contributed by atoms with E-state index in [1.54, 1.807) is 31.2 Å². The molecule has 1 aromatic heterocycles. The average molecular weight is 610 g/mol. The summed E-state index contributed by atoms with van der Waals surface area (Å²) in [6, 6.07) is 10.4. The molecule has 0 N–H and O–H groups in total. The maximum absolute atomic E-state index is 14.1. The van der Waals surface area contributed by atoms with Gasteiger partial charge in [-0.25, -0.2) is 8.42 Å². The predicted molar refractivity (Wildman–Crippen MR) is 148 cm³/mol. The number of rotatable bonds is 11. The normalized spacial score (nSPS) is 15.3. The molecule has 0 unspecified atom stereocenters. The number of benzene rings is 2. The van der Waals surface area contributed by atoms with Crippen LogP contribution in [0.4, 0.5) is 18.9 Å². The van der Waals surface area contributed by atoms with Gasteiger partial charge in [-0.1, -0.05) is 36.4 Å². The highest BCUT2D eigenvalue weighted by Gasteiger charge is 2.38. The fraction of sp³-hybridized carbons (Fsp3) is 0.357. The van der Waals surface area contributed by atoms with Gasteiger partial charge in [0.15, 0.2) is 4.90 Å². The van der Waals surface area contributed by atoms with Crippen LogP contribution < -0.4 is 18.5 Å². The van der Waals surface area contributed by atoms with Crippen LogP contribution in [0.15, 0.2) is 53.6 Å². The van der Waals surface area contributed by atoms with Gasteiger partial charge in [0.25, 0.3) is 15.9 Å². The molecule has 2 heterocycles. The number of carbonyl (C=O) groups excluding carboxylic acids is 1. The Kier molecular flexibility index (Phi) is 9.34. The molecule has 0 aliphatic carbocycles. The quantitative estimate of drug-likeness (QED) is 0.213. The molecule has 0 spiro atoms. The molecular formula is C28H30F3N3O7S. The van der Waals surface area contributed by atoms with Gasteiger partial charge in [-0.05, 0) is 44.0 Å². The van der Waals surface area contributed by atoms with Crippen molar-refractivity contribution in [1.82, 2.24) is 9.78 Å². The summed E-state index contributed by atoms with van der Waals surface area (Å²) in [5.41, 5.74) is 0.865. The number of halogens is 3. The molecule has 0 saturated carbocycles. The van der Waals surface area contributed by atoms with Crippen LogP contribution in [0.25, 0.3) is 12.2 Å². The number of aryl methyl sites for hydroxylation is 1. The Balaban J connectivity index is 1.74. The van der Waals surface area contributed by atoms with Crippen molar-refractivity contribution in [2.75, 3.05) is 24.6 Å². The summed E-state index contributed by atoms with van der Waals surface area (Å²) in [5.74, 6) is -0.636. The van der Waals surface area contributed by atoms with Gasteiger partial charge >= 0.3 is 12.3 Å². The summed E-state index contributed by atoms with van der Waals surface area (Å²) in [4.78, 5) is 11.6. The minimum absolute atomic E-state index is 0.0164. The zero-order valence-electron chi connectivity index (χ0n) is 23.1. The van der Waals surface area contributed by atoms with Crippen LogP contribution in [0.1, 0.15) is 37.8 Å². The molecule has 1 aliphatic rings. The number of esters is 1. The van der Waals surface area contributed by atoms with E-state index in [1.165, 1.54) is 52.6 Å². The van der Waals surface area contributed by atoms with Crippen LogP contribution in [-0.2, 0) is 26.1 Å². The van der Waals surface area contributed by atoms with Gasteiger partial charge < -0.3 is 18.9 Å². The molecule has 42 heavy (non-hydrogen) atoms. The molecule has 0 radical (unpaired) electrons. The Bertz CT molecular complexity index is 1550. The summed E-state index contributed by atoms with van der Waals surface area (Å²) in [6.07, 6.45) is -0.962. The first-order valence-electron chi connectivity index (χ1n) is 13.1. The SMILES string of the molecule is CCOc1nn(CC)cc1S(=O)(=O)N1C[C@H](CCC(=O)OC)Oc2ccc(/C=C/c3ccccc3OC(F)(F)F)cc21. The van der Waals surface area contributed by atoms with Crippen LogP contribution in [0, 0.1) is 0 Å². The Morgan fingerprint density at radius 3 is 2.62 bits per heavy atom. The Morgan fingerprint density at radius 1 is 1.17 bits per heavy atom. The van der Waals surface area contributed by atoms with Crippen LogP contribution in [0.3, 0.4) is 0 Å². The Morgan fingerprint density at radius 2 is 1.93 bits per heavy atom. The van der Waals surface area contributed by atoms with E-state index >= 15 is 0 Å². The topological polar surface area (TPSA) is 109 Å². The lowest BCUT2D eigenvalue weighted by Crippen LogP contribution is -2.43. The maximum Gasteiger partial charge on any atom is 0.573 e. The van der Waals surface area contributed by atoms with E-state index in [-0.39, 0.29) is 59.5 Å². The third-order valence-corrected chi connectivity index (χ3v) is 8.04. The number of nitrogens with zero attached hydrogens (tertiary/aromatic N) is 3. The van der Waals surface area contributed by atoms with Crippen molar-refractivity contribution in [1.29, 1.82) is 0 Å². The van der Waals surface area contributed by atoms with Crippen LogP contribution in [0.2, 0.25) is 0 Å². The number of hydrogen-bond donors (Lipinski definition) is 0. The largest absolute Gasteiger partial charge is 0.573 e. The highest BCUT2D eigenvalue weighted by atomic mass is 32.2. The number of sulfonamides is 1. The first-order valence-corrected chi connectivity index (χ1v) is 14.5. The van der Waals surface area contributed by atoms with E-state index in [2.05, 4.69) is 9.84 Å². The number of alkyl halides is 3. The fourth-order valence-electron chi connectivity index (χ4n) is 4.29. The van der Waals surface area contributed by atoms with Gasteiger partial charge in [0.2, 0.25) is 0 Å². The number of para-hydroxylation sites is 1. The van der Waals surface area contributed by atoms with Gasteiger partial charge in [-0.15, -0.1) is 18.3 Å². The average Bonchev–Trinajstić information content (AvgIpc) is 3.38. The van der Waals surface area contributed by atoms with Gasteiger partial charge in [0.1, 0.15) is 17.6 Å². The van der Waals surface area contributed by atoms with E-state index in [0.717, 1.165) is 0 Å². The van der Waals surface area contributed by atoms with Gasteiger partial charge in [-0.2, -0.15) is 0 Å². The van der Waals surface area contributed by atoms with E-state index in [4.69, 9.17) is 14.2 Å². The Hall–Kier alpha value is -4.20. The molecular weight excluding hydrogens is 579 g/mol. The predicted octanol–water partition coefficient (Wildman–Crippen LogP) is 5.28. The molecule has 226 valence electrons. The number of ether oxygens (including phenoxy) is 4. The first kappa shape index (κ1) is 30.8. The van der Waals surface area contributed by atoms with Crippen LogP contribution in [-0.4, -0.2) is 56.9 Å². The smallest absolute Gasteiger partial charge is 0.486 e. The van der Waals surface area contributed by atoms with Gasteiger partial charge in [-0.3, -0.25) is 13.8 Å². The molecule has 4 rings (SSSR count). The number of fused-ring (bicyclic) bond motifs is 1. The van der Waals surface area contributed by atoms with E-state index in [1.807, 2.05) is 6.92 Å². The number of aromatic nitrogens is 2. The lowest BCUT2D eigenvalue weighted by molar-refractivity contribution is -0.274. The molecule has 0 saturated heterocycles. The molecule has 10 nitrogen and oxygen atoms in total. The van der Waals surface area contributed by atoms with Gasteiger partial charge in [0, 0.05) is 24.7 Å². The standard InChI is InChI=1S/C28H30F3N3O7S/c1-4-33-18-25(27(32-33)39-5-2)42(36,37)34-17-21(13-15-26(35)38-3)40-24-14-11-19(16-22(24)34)10-12-20-8-6-7-9-23(20)41-28(29,30)31/h6-12,14,16,18,21H,4-5,13,15,17H2,1-3H3/b12-10+/t21-/m0/s1. The van der Waals surface area contributed by atoms with Crippen molar-refractivity contribution < 1.29 is 45.3 Å². The lowest BCUT2D eigenvalue weighted by Gasteiger charge is -2.35. The number of methoxy groups -OCH3 is 1. The lowest BCUT2D eigenvalue weighted by atomic mass is 10.1. The van der Waals surface area contributed by atoms with Crippen LogP contribution >= 0.6 is 0 Å². The molecule has 0 amide bonds. The molecule has 1 aliphatic heterocycles. The second-order valence-corrected chi connectivity index (χ2v) is 11.0. The highest BCUT2D eigenvalue weighted by Crippen LogP contribution is 2.40. The second-order valence-electron chi connectivity index (χ2n) is 9.12. The number of hydrogen-bond acceptors (Lipinski definition) is 8. The van der Waals surface area contributed by atoms with Crippen molar-refractivity contribution in [3.05, 3.63) is 59.8 Å². The summed E-state index contributed by atoms with van der Waals surface area (Å²) >= 11 is 0. The van der Waals surface area contributed by atoms with Crippen molar-refractivity contribution in [2.24, 2.45) is 0 Å². The number of carbonyl (C=O) groups is 1. The van der Waals surface area contributed by atoms with E-state index < -0.39 is 28.5 Å². The molecule has 2 aromatic carbocycles.